The van der Waals surface area contributed by atoms with E-state index in [1.54, 1.807) is 16.7 Å². The highest BCUT2D eigenvalue weighted by Crippen LogP contribution is 2.31. The lowest BCUT2D eigenvalue weighted by atomic mass is 9.99. The Hall–Kier alpha value is -0.520. The molecule has 0 aromatic carbocycles. The molecule has 74 valence electrons. The first-order chi connectivity index (χ1) is 6.29. The van der Waals surface area contributed by atoms with Crippen LogP contribution in [0.1, 0.15) is 59.3 Å². The van der Waals surface area contributed by atoms with E-state index in [2.05, 4.69) is 26.8 Å². The van der Waals surface area contributed by atoms with Crippen LogP contribution in [0.2, 0.25) is 0 Å². The summed E-state index contributed by atoms with van der Waals surface area (Å²) in [4.78, 5) is 0. The first kappa shape index (κ1) is 10.6. The molecule has 1 aliphatic rings. The summed E-state index contributed by atoms with van der Waals surface area (Å²) < 4.78 is 0. The Morgan fingerprint density at radius 1 is 1.23 bits per heavy atom. The molecule has 0 aromatic rings. The summed E-state index contributed by atoms with van der Waals surface area (Å²) in [7, 11) is 0. The molecule has 0 spiro atoms. The maximum Gasteiger partial charge on any atom is -0.0130 e. The molecule has 0 heterocycles. The van der Waals surface area contributed by atoms with Crippen molar-refractivity contribution in [1.82, 2.24) is 0 Å². The second kappa shape index (κ2) is 5.26. The van der Waals surface area contributed by atoms with E-state index < -0.39 is 0 Å². The summed E-state index contributed by atoms with van der Waals surface area (Å²) in [5, 5.41) is 0. The zero-order valence-corrected chi connectivity index (χ0v) is 9.32. The first-order valence-electron chi connectivity index (χ1n) is 5.67. The second-order valence-corrected chi connectivity index (χ2v) is 4.00. The number of hydrogen-bond donors (Lipinski definition) is 0. The van der Waals surface area contributed by atoms with Crippen molar-refractivity contribution >= 4 is 0 Å². The molecular weight excluding hydrogens is 156 g/mol. The fraction of sp³-hybridized carbons (Fsp3) is 0.692. The Kier molecular flexibility index (Phi) is 4.27. The van der Waals surface area contributed by atoms with Gasteiger partial charge in [0.15, 0.2) is 0 Å². The lowest BCUT2D eigenvalue weighted by Gasteiger charge is -2.07. The van der Waals surface area contributed by atoms with Crippen molar-refractivity contribution in [2.45, 2.75) is 59.3 Å². The van der Waals surface area contributed by atoms with Crippen LogP contribution in [0.4, 0.5) is 0 Å². The second-order valence-electron chi connectivity index (χ2n) is 4.00. The van der Waals surface area contributed by atoms with Crippen LogP contribution in [0.5, 0.6) is 0 Å². The lowest BCUT2D eigenvalue weighted by molar-refractivity contribution is 0.714. The summed E-state index contributed by atoms with van der Waals surface area (Å²) in [6.45, 7) is 6.82. The highest BCUT2D eigenvalue weighted by molar-refractivity contribution is 5.41. The summed E-state index contributed by atoms with van der Waals surface area (Å²) in [6, 6.07) is 0. The number of allylic oxidation sites excluding steroid dienone is 4. The van der Waals surface area contributed by atoms with Crippen LogP contribution in [-0.4, -0.2) is 0 Å². The van der Waals surface area contributed by atoms with Crippen molar-refractivity contribution < 1.29 is 0 Å². The predicted octanol–water partition coefficient (Wildman–Crippen LogP) is 4.62. The molecule has 0 N–H and O–H groups in total. The molecule has 0 nitrogen and oxygen atoms in total. The average Bonchev–Trinajstić information content (AvgIpc) is 2.47. The molecule has 13 heavy (non-hydrogen) atoms. The van der Waals surface area contributed by atoms with Crippen LogP contribution in [0.25, 0.3) is 0 Å². The summed E-state index contributed by atoms with van der Waals surface area (Å²) in [6.07, 6.45) is 10.3. The maximum atomic E-state index is 2.43. The van der Waals surface area contributed by atoms with Crippen molar-refractivity contribution in [1.29, 1.82) is 0 Å². The fourth-order valence-corrected chi connectivity index (χ4v) is 2.14. The van der Waals surface area contributed by atoms with Gasteiger partial charge in [0.05, 0.1) is 0 Å². The van der Waals surface area contributed by atoms with Gasteiger partial charge in [-0.1, -0.05) is 38.3 Å². The SMILES string of the molecule is CCCCCC1=CCC(C)=C1CC. The topological polar surface area (TPSA) is 0 Å². The van der Waals surface area contributed by atoms with Gasteiger partial charge in [0.1, 0.15) is 0 Å². The van der Waals surface area contributed by atoms with Gasteiger partial charge in [-0.25, -0.2) is 0 Å². The van der Waals surface area contributed by atoms with E-state index in [1.165, 1.54) is 38.5 Å². The molecular formula is C13H22. The van der Waals surface area contributed by atoms with Gasteiger partial charge in [-0.05, 0) is 43.8 Å². The van der Waals surface area contributed by atoms with Gasteiger partial charge < -0.3 is 0 Å². The smallest absolute Gasteiger partial charge is 0.0130 e. The molecule has 0 bridgehead atoms. The lowest BCUT2D eigenvalue weighted by Crippen LogP contribution is -1.87. The Morgan fingerprint density at radius 2 is 2.00 bits per heavy atom. The Labute approximate surface area is 82.7 Å². The van der Waals surface area contributed by atoms with E-state index in [-0.39, 0.29) is 0 Å². The predicted molar refractivity (Wildman–Crippen MR) is 59.8 cm³/mol. The zero-order valence-electron chi connectivity index (χ0n) is 9.32. The monoisotopic (exact) mass is 178 g/mol. The van der Waals surface area contributed by atoms with E-state index in [1.807, 2.05) is 0 Å². The van der Waals surface area contributed by atoms with Crippen LogP contribution >= 0.6 is 0 Å². The molecule has 0 unspecified atom stereocenters. The molecule has 0 radical (unpaired) electrons. The van der Waals surface area contributed by atoms with Crippen molar-refractivity contribution in [2.75, 3.05) is 0 Å². The molecule has 0 heteroatoms. The van der Waals surface area contributed by atoms with Gasteiger partial charge in [0.2, 0.25) is 0 Å². The summed E-state index contributed by atoms with van der Waals surface area (Å²) in [5.74, 6) is 0. The maximum absolute atomic E-state index is 2.43. The third-order valence-corrected chi connectivity index (χ3v) is 2.96. The minimum Gasteiger partial charge on any atom is -0.0770 e. The number of unbranched alkanes of at least 4 members (excludes halogenated alkanes) is 2. The highest BCUT2D eigenvalue weighted by Gasteiger charge is 2.11. The standard InChI is InChI=1S/C13H22/c1-4-6-7-8-12-10-9-11(3)13(12)5-2/h10H,4-9H2,1-3H3. The van der Waals surface area contributed by atoms with E-state index in [4.69, 9.17) is 0 Å². The van der Waals surface area contributed by atoms with E-state index in [0.717, 1.165) is 0 Å². The van der Waals surface area contributed by atoms with Gasteiger partial charge in [0.25, 0.3) is 0 Å². The molecule has 1 rings (SSSR count). The molecule has 0 atom stereocenters. The van der Waals surface area contributed by atoms with Crippen molar-refractivity contribution in [3.05, 3.63) is 22.8 Å². The minimum absolute atomic E-state index is 1.21. The van der Waals surface area contributed by atoms with Gasteiger partial charge in [-0.15, -0.1) is 0 Å². The van der Waals surface area contributed by atoms with Crippen LogP contribution in [-0.2, 0) is 0 Å². The van der Waals surface area contributed by atoms with Crippen LogP contribution < -0.4 is 0 Å². The van der Waals surface area contributed by atoms with E-state index >= 15 is 0 Å². The van der Waals surface area contributed by atoms with Crippen molar-refractivity contribution in [3.63, 3.8) is 0 Å². The van der Waals surface area contributed by atoms with Gasteiger partial charge in [-0.2, -0.15) is 0 Å². The molecule has 0 saturated heterocycles. The molecule has 0 saturated carbocycles. The molecule has 0 aromatic heterocycles. The summed E-state index contributed by atoms with van der Waals surface area (Å²) >= 11 is 0. The quantitative estimate of drug-likeness (QED) is 0.539. The normalized spacial score (nSPS) is 16.7. The van der Waals surface area contributed by atoms with Crippen LogP contribution in [0.15, 0.2) is 22.8 Å². The van der Waals surface area contributed by atoms with Gasteiger partial charge in [0, 0.05) is 0 Å². The molecule has 0 amide bonds. The van der Waals surface area contributed by atoms with Gasteiger partial charge in [-0.3, -0.25) is 0 Å². The van der Waals surface area contributed by atoms with Gasteiger partial charge >= 0.3 is 0 Å². The Balaban J connectivity index is 2.43. The fourth-order valence-electron chi connectivity index (χ4n) is 2.14. The van der Waals surface area contributed by atoms with Crippen molar-refractivity contribution in [2.24, 2.45) is 0 Å². The summed E-state index contributed by atoms with van der Waals surface area (Å²) in [5.41, 5.74) is 4.90. The number of hydrogen-bond acceptors (Lipinski definition) is 0. The Bertz CT molecular complexity index is 218. The zero-order chi connectivity index (χ0) is 9.68. The molecule has 1 aliphatic carbocycles. The third-order valence-electron chi connectivity index (χ3n) is 2.96. The minimum atomic E-state index is 1.21. The average molecular weight is 178 g/mol. The molecule has 0 aliphatic heterocycles. The largest absolute Gasteiger partial charge is 0.0770 e. The highest BCUT2D eigenvalue weighted by atomic mass is 14.2. The number of rotatable bonds is 5. The Morgan fingerprint density at radius 3 is 2.62 bits per heavy atom. The molecule has 0 fully saturated rings. The van der Waals surface area contributed by atoms with Crippen molar-refractivity contribution in [3.8, 4) is 0 Å². The van der Waals surface area contributed by atoms with E-state index in [0.29, 0.717) is 0 Å². The van der Waals surface area contributed by atoms with Crippen LogP contribution in [0.3, 0.4) is 0 Å². The third kappa shape index (κ3) is 2.72. The van der Waals surface area contributed by atoms with Crippen LogP contribution in [0, 0.1) is 0 Å². The van der Waals surface area contributed by atoms with E-state index in [9.17, 15) is 0 Å². The first-order valence-corrected chi connectivity index (χ1v) is 5.67.